The molecule has 25 heavy (non-hydrogen) atoms. The van der Waals surface area contributed by atoms with Crippen LogP contribution in [-0.4, -0.2) is 34.5 Å². The van der Waals surface area contributed by atoms with E-state index in [4.69, 9.17) is 5.73 Å². The van der Waals surface area contributed by atoms with E-state index < -0.39 is 21.9 Å². The third-order valence-corrected chi connectivity index (χ3v) is 5.69. The van der Waals surface area contributed by atoms with Crippen LogP contribution in [0.5, 0.6) is 0 Å². The maximum Gasteiger partial charge on any atom is 0.337 e. The van der Waals surface area contributed by atoms with Crippen molar-refractivity contribution in [2.24, 2.45) is 5.73 Å². The van der Waals surface area contributed by atoms with Crippen LogP contribution in [0.2, 0.25) is 0 Å². The van der Waals surface area contributed by atoms with Gasteiger partial charge in [0.1, 0.15) is 0 Å². The molecule has 0 fully saturated rings. The van der Waals surface area contributed by atoms with Gasteiger partial charge < -0.3 is 10.5 Å². The van der Waals surface area contributed by atoms with Gasteiger partial charge in [-0.1, -0.05) is 6.07 Å². The Kier molecular flexibility index (Phi) is 5.13. The molecule has 0 aliphatic carbocycles. The molecule has 0 saturated heterocycles. The van der Waals surface area contributed by atoms with Crippen LogP contribution >= 0.6 is 0 Å². The minimum atomic E-state index is -3.91. The van der Waals surface area contributed by atoms with Gasteiger partial charge in [0.15, 0.2) is 0 Å². The average molecular weight is 362 g/mol. The minimum Gasteiger partial charge on any atom is -0.465 e. The Labute approximate surface area is 146 Å². The standard InChI is InChI=1S/C17H18N2O5S/c1-11-4-5-13(17(21)24-3)10-15(11)25(22,23)19(2)14-8-6-12(7-9-14)16(18)20/h4-10H,1-3H3,(H2,18,20). The molecular weight excluding hydrogens is 344 g/mol. The number of methoxy groups -OCH3 is 1. The van der Waals surface area contributed by atoms with Crippen LogP contribution in [0.4, 0.5) is 5.69 Å². The Hall–Kier alpha value is -2.87. The normalized spacial score (nSPS) is 11.0. The fourth-order valence-corrected chi connectivity index (χ4v) is 3.69. The molecule has 0 atom stereocenters. The topological polar surface area (TPSA) is 107 Å². The molecule has 0 aromatic heterocycles. The number of hydrogen-bond acceptors (Lipinski definition) is 5. The lowest BCUT2D eigenvalue weighted by atomic mass is 10.1. The number of primary amides is 1. The van der Waals surface area contributed by atoms with Gasteiger partial charge in [-0.2, -0.15) is 0 Å². The first-order valence-electron chi connectivity index (χ1n) is 7.26. The molecule has 8 heteroatoms. The molecule has 0 heterocycles. The molecule has 0 aliphatic rings. The van der Waals surface area contributed by atoms with Crippen LogP contribution in [0, 0.1) is 6.92 Å². The smallest absolute Gasteiger partial charge is 0.337 e. The van der Waals surface area contributed by atoms with Crippen LogP contribution in [0.3, 0.4) is 0 Å². The number of nitrogens with two attached hydrogens (primary N) is 1. The van der Waals surface area contributed by atoms with Crippen LogP contribution < -0.4 is 10.0 Å². The highest BCUT2D eigenvalue weighted by Crippen LogP contribution is 2.25. The largest absolute Gasteiger partial charge is 0.465 e. The Morgan fingerprint density at radius 1 is 1.04 bits per heavy atom. The number of hydrogen-bond donors (Lipinski definition) is 1. The second-order valence-corrected chi connectivity index (χ2v) is 7.29. The highest BCUT2D eigenvalue weighted by molar-refractivity contribution is 7.92. The second kappa shape index (κ2) is 6.94. The van der Waals surface area contributed by atoms with Crippen LogP contribution in [0.1, 0.15) is 26.3 Å². The number of rotatable bonds is 5. The maximum absolute atomic E-state index is 12.9. The van der Waals surface area contributed by atoms with E-state index in [1.54, 1.807) is 13.0 Å². The lowest BCUT2D eigenvalue weighted by Gasteiger charge is -2.21. The Balaban J connectivity index is 2.47. The fourth-order valence-electron chi connectivity index (χ4n) is 2.24. The van der Waals surface area contributed by atoms with Gasteiger partial charge >= 0.3 is 5.97 Å². The van der Waals surface area contributed by atoms with Crippen molar-refractivity contribution in [1.29, 1.82) is 0 Å². The first-order chi connectivity index (χ1) is 11.7. The van der Waals surface area contributed by atoms with Crippen molar-refractivity contribution >= 4 is 27.6 Å². The van der Waals surface area contributed by atoms with E-state index in [1.807, 2.05) is 0 Å². The van der Waals surface area contributed by atoms with Crippen molar-refractivity contribution in [3.05, 3.63) is 59.2 Å². The number of anilines is 1. The molecular formula is C17H18N2O5S. The molecule has 0 aliphatic heterocycles. The highest BCUT2D eigenvalue weighted by Gasteiger charge is 2.25. The number of esters is 1. The zero-order chi connectivity index (χ0) is 18.8. The maximum atomic E-state index is 12.9. The predicted molar refractivity (Wildman–Crippen MR) is 93.1 cm³/mol. The van der Waals surface area contributed by atoms with Crippen LogP contribution in [0.15, 0.2) is 47.4 Å². The number of ether oxygens (including phenoxy) is 1. The number of carbonyl (C=O) groups excluding carboxylic acids is 2. The number of nitrogens with zero attached hydrogens (tertiary/aromatic N) is 1. The third kappa shape index (κ3) is 3.63. The molecule has 2 rings (SSSR count). The summed E-state index contributed by atoms with van der Waals surface area (Å²) in [6.07, 6.45) is 0. The van der Waals surface area contributed by atoms with E-state index in [0.717, 1.165) is 4.31 Å². The first-order valence-corrected chi connectivity index (χ1v) is 8.70. The van der Waals surface area contributed by atoms with Gasteiger partial charge in [0.25, 0.3) is 10.0 Å². The van der Waals surface area contributed by atoms with E-state index in [1.165, 1.54) is 50.6 Å². The van der Waals surface area contributed by atoms with E-state index >= 15 is 0 Å². The Bertz CT molecular complexity index is 921. The van der Waals surface area contributed by atoms with Crippen molar-refractivity contribution < 1.29 is 22.7 Å². The molecule has 1 amide bonds. The lowest BCUT2D eigenvalue weighted by Crippen LogP contribution is -2.27. The molecule has 0 unspecified atom stereocenters. The SMILES string of the molecule is COC(=O)c1ccc(C)c(S(=O)(=O)N(C)c2ccc(C(N)=O)cc2)c1. The zero-order valence-corrected chi connectivity index (χ0v) is 14.8. The Morgan fingerprint density at radius 3 is 2.12 bits per heavy atom. The van der Waals surface area contributed by atoms with Crippen molar-refractivity contribution in [3.8, 4) is 0 Å². The summed E-state index contributed by atoms with van der Waals surface area (Å²) in [5.74, 6) is -1.22. The number of aryl methyl sites for hydroxylation is 1. The summed E-state index contributed by atoms with van der Waals surface area (Å²) in [5.41, 5.74) is 6.45. The molecule has 0 spiro atoms. The van der Waals surface area contributed by atoms with Gasteiger partial charge in [-0.25, -0.2) is 13.2 Å². The van der Waals surface area contributed by atoms with Gasteiger partial charge in [-0.3, -0.25) is 9.10 Å². The molecule has 0 bridgehead atoms. The number of amides is 1. The Morgan fingerprint density at radius 2 is 1.60 bits per heavy atom. The third-order valence-electron chi connectivity index (χ3n) is 3.76. The number of sulfonamides is 1. The number of carbonyl (C=O) groups is 2. The average Bonchev–Trinajstić information content (AvgIpc) is 2.60. The summed E-state index contributed by atoms with van der Waals surface area (Å²) in [4.78, 5) is 22.8. The van der Waals surface area contributed by atoms with E-state index in [2.05, 4.69) is 4.74 Å². The van der Waals surface area contributed by atoms with Gasteiger partial charge in [-0.15, -0.1) is 0 Å². The first kappa shape index (κ1) is 18.5. The predicted octanol–water partition coefficient (Wildman–Crippen LogP) is 1.71. The second-order valence-electron chi connectivity index (χ2n) is 5.36. The molecule has 0 saturated carbocycles. The molecule has 132 valence electrons. The van der Waals surface area contributed by atoms with Crippen molar-refractivity contribution in [2.75, 3.05) is 18.5 Å². The summed E-state index contributed by atoms with van der Waals surface area (Å²) in [6.45, 7) is 1.64. The zero-order valence-electron chi connectivity index (χ0n) is 14.0. The minimum absolute atomic E-state index is 0.00289. The molecule has 7 nitrogen and oxygen atoms in total. The van der Waals surface area contributed by atoms with E-state index in [-0.39, 0.29) is 16.0 Å². The van der Waals surface area contributed by atoms with E-state index in [0.29, 0.717) is 11.3 Å². The van der Waals surface area contributed by atoms with Crippen LogP contribution in [-0.2, 0) is 14.8 Å². The summed E-state index contributed by atoms with van der Waals surface area (Å²) >= 11 is 0. The molecule has 2 aromatic carbocycles. The quantitative estimate of drug-likeness (QED) is 0.815. The van der Waals surface area contributed by atoms with E-state index in [9.17, 15) is 18.0 Å². The van der Waals surface area contributed by atoms with Crippen LogP contribution in [0.25, 0.3) is 0 Å². The molecule has 0 radical (unpaired) electrons. The van der Waals surface area contributed by atoms with Gasteiger partial charge in [-0.05, 0) is 48.9 Å². The van der Waals surface area contributed by atoms with Crippen molar-refractivity contribution in [1.82, 2.24) is 0 Å². The van der Waals surface area contributed by atoms with Gasteiger partial charge in [0, 0.05) is 12.6 Å². The van der Waals surface area contributed by atoms with Crippen molar-refractivity contribution in [3.63, 3.8) is 0 Å². The monoisotopic (exact) mass is 362 g/mol. The molecule has 2 N–H and O–H groups in total. The summed E-state index contributed by atoms with van der Waals surface area (Å²) < 4.78 is 31.5. The summed E-state index contributed by atoms with van der Waals surface area (Å²) in [6, 6.07) is 10.2. The lowest BCUT2D eigenvalue weighted by molar-refractivity contribution is 0.0600. The van der Waals surface area contributed by atoms with Gasteiger partial charge in [0.05, 0.1) is 23.3 Å². The molecule has 2 aromatic rings. The fraction of sp³-hybridized carbons (Fsp3) is 0.176. The highest BCUT2D eigenvalue weighted by atomic mass is 32.2. The van der Waals surface area contributed by atoms with Crippen molar-refractivity contribution in [2.45, 2.75) is 11.8 Å². The van der Waals surface area contributed by atoms with Gasteiger partial charge in [0.2, 0.25) is 5.91 Å². The summed E-state index contributed by atoms with van der Waals surface area (Å²) in [7, 11) is -1.30. The summed E-state index contributed by atoms with van der Waals surface area (Å²) in [5, 5.41) is 0. The number of benzene rings is 2.